The molecular formula is C14H19NO3. The summed E-state index contributed by atoms with van der Waals surface area (Å²) in [5.74, 6) is 0.413. The largest absolute Gasteiger partial charge is 0.395 e. The van der Waals surface area contributed by atoms with Crippen LogP contribution in [0.1, 0.15) is 6.42 Å². The van der Waals surface area contributed by atoms with E-state index in [0.29, 0.717) is 32.3 Å². The van der Waals surface area contributed by atoms with Gasteiger partial charge in [-0.05, 0) is 12.0 Å². The van der Waals surface area contributed by atoms with Gasteiger partial charge in [-0.25, -0.2) is 0 Å². The van der Waals surface area contributed by atoms with Gasteiger partial charge in [0.15, 0.2) is 0 Å². The first-order valence-corrected chi connectivity index (χ1v) is 6.14. The Bertz CT molecular complexity index is 373. The van der Waals surface area contributed by atoms with Crippen LogP contribution in [0.15, 0.2) is 42.1 Å². The topological polar surface area (TPSA) is 40.0 Å². The second-order valence-electron chi connectivity index (χ2n) is 4.51. The Hall–Kier alpha value is -1.39. The summed E-state index contributed by atoms with van der Waals surface area (Å²) in [4.78, 5) is 5.06. The van der Waals surface area contributed by atoms with Crippen molar-refractivity contribution in [1.29, 1.82) is 0 Å². The van der Waals surface area contributed by atoms with Crippen LogP contribution in [0.25, 0.3) is 0 Å². The van der Waals surface area contributed by atoms with Crippen LogP contribution in [0.4, 0.5) is 0 Å². The average Bonchev–Trinajstić information content (AvgIpc) is 2.83. The van der Waals surface area contributed by atoms with E-state index in [9.17, 15) is 0 Å². The summed E-state index contributed by atoms with van der Waals surface area (Å²) in [7, 11) is 0. The molecule has 2 aliphatic rings. The molecule has 1 fully saturated rings. The Morgan fingerprint density at radius 2 is 2.44 bits per heavy atom. The fourth-order valence-electron chi connectivity index (χ4n) is 2.01. The van der Waals surface area contributed by atoms with Crippen molar-refractivity contribution < 1.29 is 14.3 Å². The number of allylic oxidation sites excluding steroid dienone is 2. The van der Waals surface area contributed by atoms with Crippen LogP contribution in [0.5, 0.6) is 0 Å². The Morgan fingerprint density at radius 1 is 1.56 bits per heavy atom. The lowest BCUT2D eigenvalue weighted by Crippen LogP contribution is -2.36. The van der Waals surface area contributed by atoms with E-state index in [0.717, 1.165) is 17.7 Å². The summed E-state index contributed by atoms with van der Waals surface area (Å²) >= 11 is 0. The van der Waals surface area contributed by atoms with E-state index >= 15 is 0 Å². The molecule has 0 bridgehead atoms. The Labute approximate surface area is 108 Å². The predicted octanol–water partition coefficient (Wildman–Crippen LogP) is 2.09. The maximum Gasteiger partial charge on any atom is 0.125 e. The van der Waals surface area contributed by atoms with Crippen molar-refractivity contribution in [3.05, 3.63) is 37.0 Å². The fraction of sp³-hybridized carbons (Fsp3) is 0.500. The third-order valence-electron chi connectivity index (χ3n) is 3.00. The maximum atomic E-state index is 5.66. The summed E-state index contributed by atoms with van der Waals surface area (Å²) < 4.78 is 11.2. The molecule has 2 atom stereocenters. The van der Waals surface area contributed by atoms with Crippen molar-refractivity contribution in [2.24, 2.45) is 11.1 Å². The Balaban J connectivity index is 1.65. The molecule has 0 radical (unpaired) electrons. The SMILES string of the molecule is C=C/C=C\C(=C)COC[C@H]1C[C@H]2CON=C2CO1. The highest BCUT2D eigenvalue weighted by Crippen LogP contribution is 2.23. The number of fused-ring (bicyclic) bond motifs is 1. The molecular weight excluding hydrogens is 230 g/mol. The highest BCUT2D eigenvalue weighted by atomic mass is 16.6. The zero-order chi connectivity index (χ0) is 12.8. The molecule has 0 aromatic carbocycles. The lowest BCUT2D eigenvalue weighted by Gasteiger charge is -2.26. The van der Waals surface area contributed by atoms with Gasteiger partial charge in [0.1, 0.15) is 6.61 Å². The van der Waals surface area contributed by atoms with Gasteiger partial charge in [0.2, 0.25) is 0 Å². The van der Waals surface area contributed by atoms with Gasteiger partial charge in [-0.15, -0.1) is 0 Å². The van der Waals surface area contributed by atoms with Crippen LogP contribution in [-0.2, 0) is 14.3 Å². The minimum Gasteiger partial charge on any atom is -0.395 e. The average molecular weight is 249 g/mol. The molecule has 0 N–H and O–H groups in total. The quantitative estimate of drug-likeness (QED) is 0.677. The van der Waals surface area contributed by atoms with Crippen molar-refractivity contribution in [3.8, 4) is 0 Å². The van der Waals surface area contributed by atoms with Crippen molar-refractivity contribution in [1.82, 2.24) is 0 Å². The van der Waals surface area contributed by atoms with E-state index in [1.807, 2.05) is 12.2 Å². The number of hydrogen-bond acceptors (Lipinski definition) is 4. The van der Waals surface area contributed by atoms with E-state index in [4.69, 9.17) is 14.3 Å². The molecule has 18 heavy (non-hydrogen) atoms. The van der Waals surface area contributed by atoms with Gasteiger partial charge in [-0.2, -0.15) is 0 Å². The normalized spacial score (nSPS) is 26.6. The van der Waals surface area contributed by atoms with E-state index in [2.05, 4.69) is 18.3 Å². The van der Waals surface area contributed by atoms with Crippen molar-refractivity contribution >= 4 is 5.71 Å². The molecule has 0 unspecified atom stereocenters. The van der Waals surface area contributed by atoms with E-state index in [1.54, 1.807) is 6.08 Å². The van der Waals surface area contributed by atoms with Crippen LogP contribution in [0.2, 0.25) is 0 Å². The lowest BCUT2D eigenvalue weighted by molar-refractivity contribution is -0.0170. The molecule has 1 saturated heterocycles. The molecule has 0 spiro atoms. The minimum absolute atomic E-state index is 0.131. The number of nitrogens with zero attached hydrogens (tertiary/aromatic N) is 1. The highest BCUT2D eigenvalue weighted by molar-refractivity contribution is 5.89. The smallest absolute Gasteiger partial charge is 0.125 e. The fourth-order valence-corrected chi connectivity index (χ4v) is 2.01. The minimum atomic E-state index is 0.131. The Kier molecular flexibility index (Phi) is 4.73. The molecule has 0 amide bonds. The lowest BCUT2D eigenvalue weighted by atomic mass is 9.95. The van der Waals surface area contributed by atoms with Crippen LogP contribution >= 0.6 is 0 Å². The number of hydrogen-bond donors (Lipinski definition) is 0. The van der Waals surface area contributed by atoms with Gasteiger partial charge < -0.3 is 14.3 Å². The van der Waals surface area contributed by atoms with E-state index < -0.39 is 0 Å². The zero-order valence-electron chi connectivity index (χ0n) is 10.5. The molecule has 0 saturated carbocycles. The summed E-state index contributed by atoms with van der Waals surface area (Å²) in [5, 5.41) is 3.95. The molecule has 2 aliphatic heterocycles. The van der Waals surface area contributed by atoms with Crippen molar-refractivity contribution in [2.75, 3.05) is 26.4 Å². The van der Waals surface area contributed by atoms with Crippen LogP contribution < -0.4 is 0 Å². The van der Waals surface area contributed by atoms with Crippen molar-refractivity contribution in [3.63, 3.8) is 0 Å². The van der Waals surface area contributed by atoms with Gasteiger partial charge in [-0.1, -0.05) is 36.5 Å². The second kappa shape index (κ2) is 6.52. The van der Waals surface area contributed by atoms with Gasteiger partial charge in [0.05, 0.1) is 31.6 Å². The third-order valence-corrected chi connectivity index (χ3v) is 3.00. The first kappa shape index (κ1) is 13.1. The standard InChI is InChI=1S/C14H19NO3/c1-3-4-5-11(2)7-16-9-13-6-12-8-18-15-14(12)10-17-13/h3-5,12-13H,1-2,6-10H2/b5-4-/t12-,13+/m0/s1. The zero-order valence-corrected chi connectivity index (χ0v) is 10.5. The monoisotopic (exact) mass is 249 g/mol. The van der Waals surface area contributed by atoms with Crippen LogP contribution in [0.3, 0.4) is 0 Å². The van der Waals surface area contributed by atoms with Gasteiger partial charge >= 0.3 is 0 Å². The summed E-state index contributed by atoms with van der Waals surface area (Å²) in [6, 6.07) is 0. The molecule has 98 valence electrons. The first-order chi connectivity index (χ1) is 8.79. The third kappa shape index (κ3) is 3.55. The summed E-state index contributed by atoms with van der Waals surface area (Å²) in [6.45, 7) is 9.85. The molecule has 0 aliphatic carbocycles. The molecule has 0 aromatic heterocycles. The van der Waals surface area contributed by atoms with Gasteiger partial charge in [0, 0.05) is 5.92 Å². The summed E-state index contributed by atoms with van der Waals surface area (Å²) in [6.07, 6.45) is 6.52. The Morgan fingerprint density at radius 3 is 3.28 bits per heavy atom. The highest BCUT2D eigenvalue weighted by Gasteiger charge is 2.32. The van der Waals surface area contributed by atoms with E-state index in [1.165, 1.54) is 0 Å². The molecule has 0 aromatic rings. The second-order valence-corrected chi connectivity index (χ2v) is 4.51. The number of ether oxygens (including phenoxy) is 2. The number of rotatable bonds is 6. The van der Waals surface area contributed by atoms with Gasteiger partial charge in [-0.3, -0.25) is 0 Å². The van der Waals surface area contributed by atoms with Crippen LogP contribution in [-0.4, -0.2) is 38.2 Å². The molecule has 4 nitrogen and oxygen atoms in total. The van der Waals surface area contributed by atoms with Crippen LogP contribution in [0, 0.1) is 5.92 Å². The van der Waals surface area contributed by atoms with Gasteiger partial charge in [0.25, 0.3) is 0 Å². The van der Waals surface area contributed by atoms with Crippen molar-refractivity contribution in [2.45, 2.75) is 12.5 Å². The molecule has 4 heteroatoms. The first-order valence-electron chi connectivity index (χ1n) is 6.14. The predicted molar refractivity (Wildman–Crippen MR) is 70.5 cm³/mol. The summed E-state index contributed by atoms with van der Waals surface area (Å²) in [5.41, 5.74) is 1.96. The molecule has 2 rings (SSSR count). The maximum absolute atomic E-state index is 5.66. The number of oxime groups is 1. The van der Waals surface area contributed by atoms with E-state index in [-0.39, 0.29) is 6.10 Å². The molecule has 2 heterocycles.